The molecule has 1 atom stereocenters. The van der Waals surface area contributed by atoms with Crippen molar-refractivity contribution in [3.63, 3.8) is 0 Å². The van der Waals surface area contributed by atoms with E-state index in [2.05, 4.69) is 15.9 Å². The standard InChI is InChI=1S/C12H15BrO3/c1-7(14)5-9-6-10(13)12-11(8(9)2)15-3-4-16-12/h6-7,14H,3-5H2,1-2H3. The van der Waals surface area contributed by atoms with Gasteiger partial charge >= 0.3 is 0 Å². The lowest BCUT2D eigenvalue weighted by Crippen LogP contribution is -2.17. The molecular formula is C12H15BrO3. The maximum absolute atomic E-state index is 9.44. The Morgan fingerprint density at radius 1 is 1.38 bits per heavy atom. The summed E-state index contributed by atoms with van der Waals surface area (Å²) in [5, 5.41) is 9.44. The molecule has 0 saturated carbocycles. The van der Waals surface area contributed by atoms with Crippen molar-refractivity contribution in [2.75, 3.05) is 13.2 Å². The fourth-order valence-electron chi connectivity index (χ4n) is 1.88. The third kappa shape index (κ3) is 2.18. The van der Waals surface area contributed by atoms with E-state index in [0.29, 0.717) is 19.6 Å². The minimum atomic E-state index is -0.354. The molecule has 0 saturated heterocycles. The van der Waals surface area contributed by atoms with Crippen molar-refractivity contribution in [3.8, 4) is 11.5 Å². The average molecular weight is 287 g/mol. The Hall–Kier alpha value is -0.740. The van der Waals surface area contributed by atoms with Crippen LogP contribution in [0.4, 0.5) is 0 Å². The Balaban J connectivity index is 2.45. The maximum Gasteiger partial charge on any atom is 0.175 e. The van der Waals surface area contributed by atoms with Gasteiger partial charge in [-0.05, 0) is 53.4 Å². The first-order valence-electron chi connectivity index (χ1n) is 5.35. The lowest BCUT2D eigenvalue weighted by atomic mass is 10.0. The molecule has 0 amide bonds. The highest BCUT2D eigenvalue weighted by Crippen LogP contribution is 2.42. The number of aliphatic hydroxyl groups excluding tert-OH is 1. The number of benzene rings is 1. The zero-order chi connectivity index (χ0) is 11.7. The third-order valence-corrected chi connectivity index (χ3v) is 3.23. The number of halogens is 1. The van der Waals surface area contributed by atoms with Crippen LogP contribution in [-0.4, -0.2) is 24.4 Å². The van der Waals surface area contributed by atoms with Gasteiger partial charge in [0.15, 0.2) is 11.5 Å². The molecule has 1 heterocycles. The van der Waals surface area contributed by atoms with Crippen molar-refractivity contribution >= 4 is 15.9 Å². The minimum Gasteiger partial charge on any atom is -0.486 e. The van der Waals surface area contributed by atoms with E-state index in [1.165, 1.54) is 0 Å². The molecule has 0 aliphatic carbocycles. The fraction of sp³-hybridized carbons (Fsp3) is 0.500. The predicted molar refractivity (Wildman–Crippen MR) is 65.3 cm³/mol. The van der Waals surface area contributed by atoms with Gasteiger partial charge in [0.1, 0.15) is 13.2 Å². The van der Waals surface area contributed by atoms with Crippen LogP contribution < -0.4 is 9.47 Å². The van der Waals surface area contributed by atoms with Gasteiger partial charge in [-0.2, -0.15) is 0 Å². The number of ether oxygens (including phenoxy) is 2. The van der Waals surface area contributed by atoms with Gasteiger partial charge in [0.25, 0.3) is 0 Å². The molecule has 16 heavy (non-hydrogen) atoms. The second-order valence-corrected chi connectivity index (χ2v) is 4.91. The van der Waals surface area contributed by atoms with E-state index in [4.69, 9.17) is 9.47 Å². The van der Waals surface area contributed by atoms with Crippen LogP contribution in [0.2, 0.25) is 0 Å². The van der Waals surface area contributed by atoms with E-state index in [-0.39, 0.29) is 6.10 Å². The molecule has 1 aliphatic heterocycles. The van der Waals surface area contributed by atoms with Crippen LogP contribution in [0.15, 0.2) is 10.5 Å². The summed E-state index contributed by atoms with van der Waals surface area (Å²) in [7, 11) is 0. The molecule has 2 rings (SSSR count). The van der Waals surface area contributed by atoms with Crippen LogP contribution in [-0.2, 0) is 6.42 Å². The molecular weight excluding hydrogens is 272 g/mol. The summed E-state index contributed by atoms with van der Waals surface area (Å²) in [6.07, 6.45) is 0.273. The first-order valence-corrected chi connectivity index (χ1v) is 6.14. The van der Waals surface area contributed by atoms with Gasteiger partial charge in [0, 0.05) is 0 Å². The molecule has 1 unspecified atom stereocenters. The van der Waals surface area contributed by atoms with Crippen molar-refractivity contribution in [3.05, 3.63) is 21.7 Å². The SMILES string of the molecule is Cc1c(CC(C)O)cc(Br)c2c1OCCO2. The Bertz CT molecular complexity index is 402. The van der Waals surface area contributed by atoms with Gasteiger partial charge in [0.05, 0.1) is 10.6 Å². The van der Waals surface area contributed by atoms with Crippen LogP contribution in [0, 0.1) is 6.92 Å². The molecule has 0 aromatic heterocycles. The molecule has 1 N–H and O–H groups in total. The zero-order valence-electron chi connectivity index (χ0n) is 9.42. The summed E-state index contributed by atoms with van der Waals surface area (Å²) in [4.78, 5) is 0. The highest BCUT2D eigenvalue weighted by molar-refractivity contribution is 9.10. The van der Waals surface area contributed by atoms with Gasteiger partial charge in [-0.15, -0.1) is 0 Å². The second-order valence-electron chi connectivity index (χ2n) is 4.05. The van der Waals surface area contributed by atoms with Crippen LogP contribution in [0.1, 0.15) is 18.1 Å². The van der Waals surface area contributed by atoms with Gasteiger partial charge in [-0.1, -0.05) is 0 Å². The van der Waals surface area contributed by atoms with Crippen molar-refractivity contribution in [1.82, 2.24) is 0 Å². The fourth-order valence-corrected chi connectivity index (χ4v) is 2.45. The maximum atomic E-state index is 9.44. The molecule has 1 aromatic carbocycles. The van der Waals surface area contributed by atoms with Gasteiger partial charge in [-0.25, -0.2) is 0 Å². The van der Waals surface area contributed by atoms with Crippen LogP contribution in [0.5, 0.6) is 11.5 Å². The molecule has 4 heteroatoms. The molecule has 1 aromatic rings. The summed E-state index contributed by atoms with van der Waals surface area (Å²) in [5.41, 5.74) is 2.14. The zero-order valence-corrected chi connectivity index (χ0v) is 11.0. The molecule has 0 spiro atoms. The monoisotopic (exact) mass is 286 g/mol. The van der Waals surface area contributed by atoms with E-state index in [0.717, 1.165) is 27.1 Å². The van der Waals surface area contributed by atoms with Crippen LogP contribution >= 0.6 is 15.9 Å². The van der Waals surface area contributed by atoms with Crippen molar-refractivity contribution in [2.45, 2.75) is 26.4 Å². The topological polar surface area (TPSA) is 38.7 Å². The van der Waals surface area contributed by atoms with E-state index < -0.39 is 0 Å². The summed E-state index contributed by atoms with van der Waals surface area (Å²) in [6.45, 7) is 4.95. The molecule has 0 bridgehead atoms. The van der Waals surface area contributed by atoms with E-state index >= 15 is 0 Å². The number of rotatable bonds is 2. The molecule has 3 nitrogen and oxygen atoms in total. The largest absolute Gasteiger partial charge is 0.486 e. The highest BCUT2D eigenvalue weighted by Gasteiger charge is 2.20. The van der Waals surface area contributed by atoms with Gasteiger partial charge in [0.2, 0.25) is 0 Å². The van der Waals surface area contributed by atoms with E-state index in [1.807, 2.05) is 13.0 Å². The van der Waals surface area contributed by atoms with E-state index in [9.17, 15) is 5.11 Å². The van der Waals surface area contributed by atoms with Crippen molar-refractivity contribution in [1.29, 1.82) is 0 Å². The lowest BCUT2D eigenvalue weighted by Gasteiger charge is -2.23. The quantitative estimate of drug-likeness (QED) is 0.908. The third-order valence-electron chi connectivity index (χ3n) is 2.64. The van der Waals surface area contributed by atoms with Gasteiger partial charge in [-0.3, -0.25) is 0 Å². The van der Waals surface area contributed by atoms with Gasteiger partial charge < -0.3 is 14.6 Å². The number of hydrogen-bond acceptors (Lipinski definition) is 3. The Kier molecular flexibility index (Phi) is 3.40. The summed E-state index contributed by atoms with van der Waals surface area (Å²) in [5.74, 6) is 1.58. The molecule has 0 radical (unpaired) electrons. The first kappa shape index (κ1) is 11.7. The summed E-state index contributed by atoms with van der Waals surface area (Å²) in [6, 6.07) is 2.00. The Morgan fingerprint density at radius 3 is 2.62 bits per heavy atom. The molecule has 0 fully saturated rings. The lowest BCUT2D eigenvalue weighted by molar-refractivity contribution is 0.168. The highest BCUT2D eigenvalue weighted by atomic mass is 79.9. The number of hydrogen-bond donors (Lipinski definition) is 1. The normalized spacial score (nSPS) is 16.0. The molecule has 1 aliphatic rings. The van der Waals surface area contributed by atoms with Crippen molar-refractivity contribution < 1.29 is 14.6 Å². The van der Waals surface area contributed by atoms with Crippen molar-refractivity contribution in [2.24, 2.45) is 0 Å². The predicted octanol–water partition coefficient (Wildman–Crippen LogP) is 2.45. The first-order chi connectivity index (χ1) is 7.59. The second kappa shape index (κ2) is 4.63. The Labute approximate surface area is 104 Å². The number of fused-ring (bicyclic) bond motifs is 1. The average Bonchev–Trinajstić information content (AvgIpc) is 2.25. The summed E-state index contributed by atoms with van der Waals surface area (Å²) >= 11 is 3.47. The smallest absolute Gasteiger partial charge is 0.175 e. The molecule has 88 valence electrons. The summed E-state index contributed by atoms with van der Waals surface area (Å²) < 4.78 is 12.1. The van der Waals surface area contributed by atoms with Crippen LogP contribution in [0.25, 0.3) is 0 Å². The van der Waals surface area contributed by atoms with E-state index in [1.54, 1.807) is 6.92 Å². The van der Waals surface area contributed by atoms with Crippen LogP contribution in [0.3, 0.4) is 0 Å². The Morgan fingerprint density at radius 2 is 2.00 bits per heavy atom. The minimum absolute atomic E-state index is 0.354. The number of aliphatic hydroxyl groups is 1.